The minimum atomic E-state index is -1.02. The van der Waals surface area contributed by atoms with Crippen molar-refractivity contribution in [3.05, 3.63) is 81.1 Å². The maximum Gasteiger partial charge on any atom is 0.271 e. The molecule has 3 aromatic rings. The maximum atomic E-state index is 13.9. The second-order valence-electron chi connectivity index (χ2n) is 5.77. The molecular weight excluding hydrogens is 436 g/mol. The summed E-state index contributed by atoms with van der Waals surface area (Å²) in [7, 11) is 0. The SMILES string of the molecule is C[C@@H](Oc1ccc(=O)n(-c2ccc(F)cc2)n1)C(=O)Nc1ccc(Br)cc1F. The lowest BCUT2D eigenvalue weighted by Gasteiger charge is -2.15. The van der Waals surface area contributed by atoms with Gasteiger partial charge in [0.25, 0.3) is 11.5 Å². The largest absolute Gasteiger partial charge is 0.463 e. The molecule has 1 amide bonds. The Balaban J connectivity index is 1.75. The van der Waals surface area contributed by atoms with Crippen molar-refractivity contribution in [3.63, 3.8) is 0 Å². The number of hydrogen-bond donors (Lipinski definition) is 1. The number of carbonyl (C=O) groups excluding carboxylic acids is 1. The molecule has 0 aliphatic heterocycles. The Morgan fingerprint density at radius 2 is 1.86 bits per heavy atom. The highest BCUT2D eigenvalue weighted by Gasteiger charge is 2.18. The quantitative estimate of drug-likeness (QED) is 0.644. The first-order valence-corrected chi connectivity index (χ1v) is 8.91. The summed E-state index contributed by atoms with van der Waals surface area (Å²) in [5, 5.41) is 6.45. The van der Waals surface area contributed by atoms with Gasteiger partial charge in [0.05, 0.1) is 11.4 Å². The van der Waals surface area contributed by atoms with E-state index in [0.29, 0.717) is 10.2 Å². The molecule has 1 atom stereocenters. The highest BCUT2D eigenvalue weighted by molar-refractivity contribution is 9.10. The van der Waals surface area contributed by atoms with Crippen molar-refractivity contribution in [1.82, 2.24) is 9.78 Å². The molecule has 2 aromatic carbocycles. The van der Waals surface area contributed by atoms with E-state index in [2.05, 4.69) is 26.3 Å². The summed E-state index contributed by atoms with van der Waals surface area (Å²) in [6.07, 6.45) is -1.02. The second-order valence-corrected chi connectivity index (χ2v) is 6.69. The molecule has 28 heavy (non-hydrogen) atoms. The van der Waals surface area contributed by atoms with Gasteiger partial charge in [-0.2, -0.15) is 4.68 Å². The number of anilines is 1. The summed E-state index contributed by atoms with van der Waals surface area (Å²) < 4.78 is 33.9. The van der Waals surface area contributed by atoms with Crippen LogP contribution in [-0.2, 0) is 4.79 Å². The highest BCUT2D eigenvalue weighted by Crippen LogP contribution is 2.20. The van der Waals surface area contributed by atoms with E-state index in [1.54, 1.807) is 6.07 Å². The van der Waals surface area contributed by atoms with E-state index in [-0.39, 0.29) is 11.6 Å². The fourth-order valence-corrected chi connectivity index (χ4v) is 2.62. The standard InChI is InChI=1S/C19H14BrF2N3O3/c1-11(19(27)23-16-7-2-12(20)10-15(16)22)28-17-8-9-18(26)25(24-17)14-5-3-13(21)4-6-14/h2-11H,1H3,(H,23,27)/t11-/m1/s1. The molecule has 0 fully saturated rings. The number of benzene rings is 2. The van der Waals surface area contributed by atoms with Crippen LogP contribution in [0.2, 0.25) is 0 Å². The number of rotatable bonds is 5. The number of aromatic nitrogens is 2. The van der Waals surface area contributed by atoms with Crippen molar-refractivity contribution >= 4 is 27.5 Å². The van der Waals surface area contributed by atoms with Crippen LogP contribution in [0.5, 0.6) is 5.88 Å². The number of halogens is 3. The van der Waals surface area contributed by atoms with Crippen molar-refractivity contribution in [3.8, 4) is 11.6 Å². The Morgan fingerprint density at radius 1 is 1.14 bits per heavy atom. The number of nitrogens with zero attached hydrogens (tertiary/aromatic N) is 2. The zero-order chi connectivity index (χ0) is 20.3. The third-order valence-electron chi connectivity index (χ3n) is 3.70. The molecule has 0 aliphatic rings. The number of ether oxygens (including phenoxy) is 1. The van der Waals surface area contributed by atoms with Gasteiger partial charge in [0, 0.05) is 16.6 Å². The molecule has 1 N–H and O–H groups in total. The average molecular weight is 450 g/mol. The molecule has 1 heterocycles. The smallest absolute Gasteiger partial charge is 0.271 e. The minimum Gasteiger partial charge on any atom is -0.463 e. The second kappa shape index (κ2) is 8.30. The lowest BCUT2D eigenvalue weighted by molar-refractivity contribution is -0.122. The fraction of sp³-hybridized carbons (Fsp3) is 0.105. The Labute approximate surface area is 166 Å². The molecule has 9 heteroatoms. The summed E-state index contributed by atoms with van der Waals surface area (Å²) in [5.74, 6) is -1.64. The van der Waals surface area contributed by atoms with Crippen LogP contribution in [-0.4, -0.2) is 21.8 Å². The van der Waals surface area contributed by atoms with E-state index in [9.17, 15) is 18.4 Å². The summed E-state index contributed by atoms with van der Waals surface area (Å²) >= 11 is 3.14. The van der Waals surface area contributed by atoms with Gasteiger partial charge >= 0.3 is 0 Å². The fourth-order valence-electron chi connectivity index (χ4n) is 2.28. The molecule has 0 saturated carbocycles. The molecule has 0 unspecified atom stereocenters. The number of amides is 1. The number of carbonyl (C=O) groups is 1. The molecule has 0 aliphatic carbocycles. The molecule has 0 saturated heterocycles. The molecule has 144 valence electrons. The van der Waals surface area contributed by atoms with Gasteiger partial charge in [-0.3, -0.25) is 9.59 Å². The molecule has 3 rings (SSSR count). The maximum absolute atomic E-state index is 13.9. The van der Waals surface area contributed by atoms with Gasteiger partial charge < -0.3 is 10.1 Å². The predicted molar refractivity (Wildman–Crippen MR) is 103 cm³/mol. The van der Waals surface area contributed by atoms with Gasteiger partial charge in [-0.15, -0.1) is 5.10 Å². The molecule has 6 nitrogen and oxygen atoms in total. The molecular formula is C19H14BrF2N3O3. The summed E-state index contributed by atoms with van der Waals surface area (Å²) in [6, 6.07) is 11.9. The van der Waals surface area contributed by atoms with Gasteiger partial charge in [-0.25, -0.2) is 8.78 Å². The summed E-state index contributed by atoms with van der Waals surface area (Å²) in [5.41, 5.74) is -0.105. The van der Waals surface area contributed by atoms with Gasteiger partial charge in [-0.1, -0.05) is 15.9 Å². The van der Waals surface area contributed by atoms with E-state index in [1.807, 2.05) is 0 Å². The minimum absolute atomic E-state index is 0.00264. The average Bonchev–Trinajstić information content (AvgIpc) is 2.66. The van der Waals surface area contributed by atoms with Gasteiger partial charge in [0.15, 0.2) is 6.10 Å². The first kappa shape index (κ1) is 19.7. The van der Waals surface area contributed by atoms with Crippen LogP contribution in [0.1, 0.15) is 6.92 Å². The van der Waals surface area contributed by atoms with E-state index in [1.165, 1.54) is 55.5 Å². The van der Waals surface area contributed by atoms with Crippen molar-refractivity contribution < 1.29 is 18.3 Å². The zero-order valence-electron chi connectivity index (χ0n) is 14.5. The first-order chi connectivity index (χ1) is 13.3. The van der Waals surface area contributed by atoms with Crippen molar-refractivity contribution in [1.29, 1.82) is 0 Å². The van der Waals surface area contributed by atoms with Gasteiger partial charge in [0.1, 0.15) is 11.6 Å². The Hall–Kier alpha value is -3.07. The Kier molecular flexibility index (Phi) is 5.84. The Bertz CT molecular complexity index is 1070. The van der Waals surface area contributed by atoms with Crippen LogP contribution >= 0.6 is 15.9 Å². The molecule has 0 radical (unpaired) electrons. The third kappa shape index (κ3) is 4.61. The number of hydrogen-bond acceptors (Lipinski definition) is 4. The van der Waals surface area contributed by atoms with Gasteiger partial charge in [-0.05, 0) is 49.4 Å². The highest BCUT2D eigenvalue weighted by atomic mass is 79.9. The van der Waals surface area contributed by atoms with E-state index in [4.69, 9.17) is 4.74 Å². The molecule has 1 aromatic heterocycles. The molecule has 0 spiro atoms. The monoisotopic (exact) mass is 449 g/mol. The van der Waals surface area contributed by atoms with Crippen LogP contribution in [0.4, 0.5) is 14.5 Å². The number of nitrogens with one attached hydrogen (secondary N) is 1. The van der Waals surface area contributed by atoms with Crippen LogP contribution in [0.3, 0.4) is 0 Å². The van der Waals surface area contributed by atoms with E-state index < -0.39 is 29.2 Å². The van der Waals surface area contributed by atoms with E-state index >= 15 is 0 Å². The summed E-state index contributed by atoms with van der Waals surface area (Å²) in [6.45, 7) is 1.46. The van der Waals surface area contributed by atoms with Crippen molar-refractivity contribution in [2.45, 2.75) is 13.0 Å². The van der Waals surface area contributed by atoms with Crippen LogP contribution in [0, 0.1) is 11.6 Å². The topological polar surface area (TPSA) is 73.2 Å². The molecule has 0 bridgehead atoms. The lowest BCUT2D eigenvalue weighted by Crippen LogP contribution is -2.31. The zero-order valence-corrected chi connectivity index (χ0v) is 16.1. The first-order valence-electron chi connectivity index (χ1n) is 8.12. The predicted octanol–water partition coefficient (Wildman–Crippen LogP) is 3.68. The Morgan fingerprint density at radius 3 is 2.54 bits per heavy atom. The normalized spacial score (nSPS) is 11.7. The lowest BCUT2D eigenvalue weighted by atomic mass is 10.3. The van der Waals surface area contributed by atoms with Crippen LogP contribution < -0.4 is 15.6 Å². The van der Waals surface area contributed by atoms with Crippen LogP contribution in [0.25, 0.3) is 5.69 Å². The van der Waals surface area contributed by atoms with Crippen molar-refractivity contribution in [2.75, 3.05) is 5.32 Å². The summed E-state index contributed by atoms with van der Waals surface area (Å²) in [4.78, 5) is 24.3. The van der Waals surface area contributed by atoms with E-state index in [0.717, 1.165) is 4.68 Å². The van der Waals surface area contributed by atoms with Gasteiger partial charge in [0.2, 0.25) is 5.88 Å². The van der Waals surface area contributed by atoms with Crippen molar-refractivity contribution in [2.24, 2.45) is 0 Å². The van der Waals surface area contributed by atoms with Crippen LogP contribution in [0.15, 0.2) is 63.9 Å². The third-order valence-corrected chi connectivity index (χ3v) is 4.20.